The molecule has 1 aromatic heterocycles. The molecule has 1 amide bonds. The third kappa shape index (κ3) is 3.04. The number of anilines is 2. The van der Waals surface area contributed by atoms with Gasteiger partial charge in [-0.1, -0.05) is 12.1 Å². The molecule has 26 heavy (non-hydrogen) atoms. The number of nitrogens with zero attached hydrogens (tertiary/aromatic N) is 2. The van der Waals surface area contributed by atoms with Gasteiger partial charge in [-0.25, -0.2) is 4.39 Å². The normalized spacial score (nSPS) is 12.0. The van der Waals surface area contributed by atoms with E-state index in [1.165, 1.54) is 12.3 Å². The molecule has 1 aliphatic heterocycles. The van der Waals surface area contributed by atoms with Crippen molar-refractivity contribution >= 4 is 23.5 Å². The van der Waals surface area contributed by atoms with Gasteiger partial charge in [0.05, 0.1) is 17.6 Å². The van der Waals surface area contributed by atoms with Crippen LogP contribution in [0, 0.1) is 5.82 Å². The molecule has 0 aliphatic carbocycles. The van der Waals surface area contributed by atoms with Gasteiger partial charge in [0, 0.05) is 23.4 Å². The molecule has 0 unspecified atom stereocenters. The van der Waals surface area contributed by atoms with E-state index in [2.05, 4.69) is 10.3 Å². The topological polar surface area (TPSA) is 71.0 Å². The van der Waals surface area contributed by atoms with Crippen molar-refractivity contribution in [3.8, 4) is 0 Å². The maximum atomic E-state index is 13.2. The fourth-order valence-electron chi connectivity index (χ4n) is 2.91. The molecule has 4 rings (SSSR count). The molecule has 2 aromatic carbocycles. The van der Waals surface area contributed by atoms with E-state index in [0.29, 0.717) is 23.5 Å². The third-order valence-corrected chi connectivity index (χ3v) is 4.22. The molecule has 0 radical (unpaired) electrons. The van der Waals surface area contributed by atoms with Gasteiger partial charge in [-0.3, -0.25) is 9.78 Å². The number of benzene rings is 2. The van der Waals surface area contributed by atoms with Gasteiger partial charge in [-0.15, -0.1) is 0 Å². The fraction of sp³-hybridized carbons (Fsp3) is 0.0500. The van der Waals surface area contributed by atoms with Crippen molar-refractivity contribution in [3.63, 3.8) is 0 Å². The lowest BCUT2D eigenvalue weighted by atomic mass is 10.1. The number of pyridine rings is 1. The smallest absolute Gasteiger partial charge is 0.255 e. The van der Waals surface area contributed by atoms with E-state index in [-0.39, 0.29) is 11.7 Å². The summed E-state index contributed by atoms with van der Waals surface area (Å²) < 4.78 is 15.2. The SMILES string of the molecule is Nc1ccccc1NC(=O)c1ccc2c(c1)=C[N+]=2Cc1cncc(F)c1. The number of fused-ring (bicyclic) bond motifs is 1. The van der Waals surface area contributed by atoms with Crippen LogP contribution in [0.3, 0.4) is 0 Å². The van der Waals surface area contributed by atoms with Crippen LogP contribution in [0.2, 0.25) is 0 Å². The summed E-state index contributed by atoms with van der Waals surface area (Å²) in [5.74, 6) is -0.567. The average molecular weight is 347 g/mol. The highest BCUT2D eigenvalue weighted by molar-refractivity contribution is 6.05. The van der Waals surface area contributed by atoms with Crippen molar-refractivity contribution < 1.29 is 9.18 Å². The van der Waals surface area contributed by atoms with Gasteiger partial charge in [0.15, 0.2) is 12.7 Å². The number of nitrogens with one attached hydrogen (secondary N) is 1. The second-order valence-electron chi connectivity index (χ2n) is 6.08. The maximum absolute atomic E-state index is 13.2. The van der Waals surface area contributed by atoms with Gasteiger partial charge in [0.2, 0.25) is 5.36 Å². The Morgan fingerprint density at radius 3 is 2.77 bits per heavy atom. The average Bonchev–Trinajstić information content (AvgIpc) is 2.61. The first kappa shape index (κ1) is 16.0. The lowest BCUT2D eigenvalue weighted by Crippen LogP contribution is -2.47. The zero-order valence-electron chi connectivity index (χ0n) is 13.8. The first-order valence-electron chi connectivity index (χ1n) is 8.11. The highest BCUT2D eigenvalue weighted by Crippen LogP contribution is 2.17. The molecule has 0 fully saturated rings. The highest BCUT2D eigenvalue weighted by atomic mass is 19.1. The number of rotatable bonds is 4. The van der Waals surface area contributed by atoms with Crippen LogP contribution < -0.4 is 26.2 Å². The quantitative estimate of drug-likeness (QED) is 0.555. The van der Waals surface area contributed by atoms with Gasteiger partial charge >= 0.3 is 0 Å². The van der Waals surface area contributed by atoms with Crippen LogP contribution in [0.15, 0.2) is 60.9 Å². The maximum Gasteiger partial charge on any atom is 0.255 e. The largest absolute Gasteiger partial charge is 0.397 e. The van der Waals surface area contributed by atoms with Gasteiger partial charge in [0.25, 0.3) is 5.91 Å². The fourth-order valence-corrected chi connectivity index (χ4v) is 2.91. The lowest BCUT2D eigenvalue weighted by molar-refractivity contribution is 0.102. The van der Waals surface area contributed by atoms with Crippen molar-refractivity contribution in [2.45, 2.75) is 6.54 Å². The van der Waals surface area contributed by atoms with E-state index in [1.807, 2.05) is 35.0 Å². The molecule has 0 saturated heterocycles. The monoisotopic (exact) mass is 347 g/mol. The first-order chi connectivity index (χ1) is 12.6. The summed E-state index contributed by atoms with van der Waals surface area (Å²) in [7, 11) is 0. The number of aromatic nitrogens is 1. The van der Waals surface area contributed by atoms with Gasteiger partial charge in [-0.2, -0.15) is 4.58 Å². The van der Waals surface area contributed by atoms with Crippen LogP contribution in [-0.2, 0) is 6.54 Å². The molecule has 5 nitrogen and oxygen atoms in total. The second-order valence-corrected chi connectivity index (χ2v) is 6.08. The number of hydrogen-bond donors (Lipinski definition) is 2. The number of halogens is 1. The third-order valence-electron chi connectivity index (χ3n) is 4.22. The number of nitrogens with two attached hydrogens (primary N) is 1. The molecule has 0 saturated carbocycles. The van der Waals surface area contributed by atoms with E-state index in [4.69, 9.17) is 5.73 Å². The van der Waals surface area contributed by atoms with Crippen LogP contribution >= 0.6 is 0 Å². The minimum atomic E-state index is -0.351. The Morgan fingerprint density at radius 2 is 2.00 bits per heavy atom. The Morgan fingerprint density at radius 1 is 1.15 bits per heavy atom. The Kier molecular flexibility index (Phi) is 3.93. The summed E-state index contributed by atoms with van der Waals surface area (Å²) in [6.07, 6.45) is 4.75. The van der Waals surface area contributed by atoms with E-state index < -0.39 is 0 Å². The van der Waals surface area contributed by atoms with Crippen LogP contribution in [-0.4, -0.2) is 10.9 Å². The van der Waals surface area contributed by atoms with E-state index in [9.17, 15) is 9.18 Å². The first-order valence-corrected chi connectivity index (χ1v) is 8.11. The molecule has 3 aromatic rings. The molecule has 0 atom stereocenters. The number of nitrogen functional groups attached to an aromatic ring is 1. The van der Waals surface area contributed by atoms with Crippen LogP contribution in [0.1, 0.15) is 15.9 Å². The molecule has 0 bridgehead atoms. The molecule has 6 heteroatoms. The molecule has 3 N–H and O–H groups in total. The zero-order chi connectivity index (χ0) is 18.1. The summed E-state index contributed by atoms with van der Waals surface area (Å²) in [6, 6.07) is 14.1. The lowest BCUT2D eigenvalue weighted by Gasteiger charge is -2.09. The number of para-hydroxylation sites is 2. The molecule has 1 aliphatic rings. The van der Waals surface area contributed by atoms with Crippen molar-refractivity contribution in [1.82, 2.24) is 9.56 Å². The van der Waals surface area contributed by atoms with E-state index in [0.717, 1.165) is 16.1 Å². The van der Waals surface area contributed by atoms with E-state index in [1.54, 1.807) is 24.4 Å². The molecular formula is C20H16FN4O+. The zero-order valence-corrected chi connectivity index (χ0v) is 13.8. The van der Waals surface area contributed by atoms with Crippen molar-refractivity contribution in [2.24, 2.45) is 0 Å². The van der Waals surface area contributed by atoms with Gasteiger partial charge in [0.1, 0.15) is 11.0 Å². The predicted molar refractivity (Wildman–Crippen MR) is 98.1 cm³/mol. The van der Waals surface area contributed by atoms with Crippen LogP contribution in [0.25, 0.3) is 6.20 Å². The number of carbonyl (C=O) groups excluding carboxylic acids is 1. The summed E-state index contributed by atoms with van der Waals surface area (Å²) in [5.41, 5.74) is 8.30. The van der Waals surface area contributed by atoms with Gasteiger partial charge in [-0.05, 0) is 30.3 Å². The summed E-state index contributed by atoms with van der Waals surface area (Å²) in [4.78, 5) is 16.3. The number of carbonyl (C=O) groups is 1. The summed E-state index contributed by atoms with van der Waals surface area (Å²) in [6.45, 7) is 0.532. The Labute approximate surface area is 148 Å². The summed E-state index contributed by atoms with van der Waals surface area (Å²) >= 11 is 0. The number of hydrogen-bond acceptors (Lipinski definition) is 3. The van der Waals surface area contributed by atoms with Gasteiger partial charge < -0.3 is 11.1 Å². The highest BCUT2D eigenvalue weighted by Gasteiger charge is 2.18. The molecule has 0 spiro atoms. The standard InChI is InChI=1S/C20H15FN4O/c21-16-7-13(9-23-10-16)11-25-12-15-8-14(5-6-19(15)25)20(26)24-18-4-2-1-3-17(18)22/h1-10,12H,11,22H2/p+1. The minimum Gasteiger partial charge on any atom is -0.397 e. The Balaban J connectivity index is 1.55. The number of amides is 1. The van der Waals surface area contributed by atoms with Crippen molar-refractivity contribution in [1.29, 1.82) is 0 Å². The predicted octanol–water partition coefficient (Wildman–Crippen LogP) is 1.50. The molecule has 2 heterocycles. The molecule has 128 valence electrons. The Bertz CT molecular complexity index is 1140. The second kappa shape index (κ2) is 6.40. The molecular weight excluding hydrogens is 331 g/mol. The Hall–Kier alpha value is -3.54. The summed E-state index contributed by atoms with van der Waals surface area (Å²) in [5, 5.41) is 4.77. The van der Waals surface area contributed by atoms with E-state index >= 15 is 0 Å². The van der Waals surface area contributed by atoms with Crippen LogP contribution in [0.5, 0.6) is 0 Å². The minimum absolute atomic E-state index is 0.216. The van der Waals surface area contributed by atoms with Crippen molar-refractivity contribution in [3.05, 3.63) is 88.4 Å². The van der Waals surface area contributed by atoms with Crippen molar-refractivity contribution in [2.75, 3.05) is 11.1 Å². The van der Waals surface area contributed by atoms with Crippen LogP contribution in [0.4, 0.5) is 15.8 Å².